The summed E-state index contributed by atoms with van der Waals surface area (Å²) in [5.74, 6) is 0. The number of methoxy groups -OCH3 is 1. The van der Waals surface area contributed by atoms with Gasteiger partial charge >= 0.3 is 0 Å². The Balaban J connectivity index is 2.94. The summed E-state index contributed by atoms with van der Waals surface area (Å²) >= 11 is 12.0. The average Bonchev–Trinajstić information content (AvgIpc) is 2.31. The molecule has 0 spiro atoms. The van der Waals surface area contributed by atoms with Crippen LogP contribution >= 0.6 is 23.2 Å². The zero-order valence-electron chi connectivity index (χ0n) is 10.7. The molecule has 0 aromatic heterocycles. The molecule has 3 unspecified atom stereocenters. The molecule has 1 rings (SSSR count). The second kappa shape index (κ2) is 8.01. The zero-order chi connectivity index (χ0) is 14.4. The Hall–Kier alpha value is -0.400. The summed E-state index contributed by atoms with van der Waals surface area (Å²) in [5, 5.41) is 10.0. The fraction of sp³-hybridized carbons (Fsp3) is 0.500. The Morgan fingerprint density at radius 1 is 1.37 bits per heavy atom. The molecular formula is C12H17Cl2NO4. The summed E-state index contributed by atoms with van der Waals surface area (Å²) in [6, 6.07) is 5.03. The molecule has 0 aliphatic rings. The summed E-state index contributed by atoms with van der Waals surface area (Å²) < 4.78 is 15.5. The topological polar surface area (TPSA) is 73.9 Å². The molecule has 19 heavy (non-hydrogen) atoms. The van der Waals surface area contributed by atoms with Crippen molar-refractivity contribution in [2.24, 2.45) is 5.73 Å². The third-order valence-electron chi connectivity index (χ3n) is 2.41. The van der Waals surface area contributed by atoms with Gasteiger partial charge in [0.05, 0.1) is 6.10 Å². The predicted octanol–water partition coefficient (Wildman–Crippen LogP) is 2.29. The third kappa shape index (κ3) is 5.24. The van der Waals surface area contributed by atoms with Gasteiger partial charge in [0.15, 0.2) is 0 Å². The first-order chi connectivity index (χ1) is 8.95. The van der Waals surface area contributed by atoms with Gasteiger partial charge in [0.2, 0.25) is 6.41 Å². The lowest BCUT2D eigenvalue weighted by molar-refractivity contribution is -0.184. The molecule has 108 valence electrons. The quantitative estimate of drug-likeness (QED) is 0.756. The van der Waals surface area contributed by atoms with Gasteiger partial charge in [-0.15, -0.1) is 0 Å². The van der Waals surface area contributed by atoms with Gasteiger partial charge in [-0.2, -0.15) is 0 Å². The molecule has 0 amide bonds. The van der Waals surface area contributed by atoms with Crippen molar-refractivity contribution in [2.75, 3.05) is 13.9 Å². The summed E-state index contributed by atoms with van der Waals surface area (Å²) in [6.07, 6.45) is -2.45. The van der Waals surface area contributed by atoms with Crippen LogP contribution in [0.25, 0.3) is 0 Å². The molecule has 1 aromatic carbocycles. The van der Waals surface area contributed by atoms with Crippen LogP contribution in [0.5, 0.6) is 0 Å². The molecule has 0 heterocycles. The van der Waals surface area contributed by atoms with Gasteiger partial charge in [-0.25, -0.2) is 0 Å². The van der Waals surface area contributed by atoms with E-state index in [0.29, 0.717) is 15.6 Å². The SMILES string of the molecule is COCOC(c1ccc(Cl)cc1Cl)C(C)OC(N)O. The van der Waals surface area contributed by atoms with Crippen LogP contribution in [-0.4, -0.2) is 31.5 Å². The highest BCUT2D eigenvalue weighted by Crippen LogP contribution is 2.31. The highest BCUT2D eigenvalue weighted by Gasteiger charge is 2.24. The van der Waals surface area contributed by atoms with Crippen molar-refractivity contribution in [3.05, 3.63) is 33.8 Å². The van der Waals surface area contributed by atoms with E-state index in [1.165, 1.54) is 7.11 Å². The van der Waals surface area contributed by atoms with Crippen molar-refractivity contribution < 1.29 is 19.3 Å². The van der Waals surface area contributed by atoms with E-state index in [1.54, 1.807) is 25.1 Å². The second-order valence-electron chi connectivity index (χ2n) is 3.89. The van der Waals surface area contributed by atoms with Crippen molar-refractivity contribution >= 4 is 23.2 Å². The lowest BCUT2D eigenvalue weighted by Crippen LogP contribution is -2.32. The Bertz CT molecular complexity index is 403. The molecule has 5 nitrogen and oxygen atoms in total. The predicted molar refractivity (Wildman–Crippen MR) is 72.9 cm³/mol. The third-order valence-corrected chi connectivity index (χ3v) is 2.98. The Labute approximate surface area is 122 Å². The van der Waals surface area contributed by atoms with Gasteiger partial charge in [-0.3, -0.25) is 5.73 Å². The fourth-order valence-electron chi connectivity index (χ4n) is 1.64. The van der Waals surface area contributed by atoms with Crippen LogP contribution in [0.15, 0.2) is 18.2 Å². The summed E-state index contributed by atoms with van der Waals surface area (Å²) in [6.45, 7) is 1.76. The summed E-state index contributed by atoms with van der Waals surface area (Å²) in [4.78, 5) is 0. The molecule has 0 fully saturated rings. The van der Waals surface area contributed by atoms with E-state index < -0.39 is 18.6 Å². The van der Waals surface area contributed by atoms with Crippen LogP contribution in [0.1, 0.15) is 18.6 Å². The van der Waals surface area contributed by atoms with Gasteiger partial charge in [0.25, 0.3) is 0 Å². The van der Waals surface area contributed by atoms with Crippen molar-refractivity contribution in [1.29, 1.82) is 0 Å². The van der Waals surface area contributed by atoms with E-state index in [1.807, 2.05) is 0 Å². The van der Waals surface area contributed by atoms with Crippen LogP contribution in [0.3, 0.4) is 0 Å². The normalized spacial score (nSPS) is 16.1. The molecular weight excluding hydrogens is 293 g/mol. The highest BCUT2D eigenvalue weighted by molar-refractivity contribution is 6.35. The van der Waals surface area contributed by atoms with Gasteiger partial charge in [-0.05, 0) is 19.1 Å². The molecule has 0 aliphatic heterocycles. The summed E-state index contributed by atoms with van der Waals surface area (Å²) in [5.41, 5.74) is 5.87. The standard InChI is InChI=1S/C12H17Cl2NO4/c1-7(19-12(15)16)11(18-6-17-2)9-4-3-8(13)5-10(9)14/h3-5,7,11-12,16H,6,15H2,1-2H3. The number of aliphatic hydroxyl groups is 1. The minimum atomic E-state index is -1.39. The van der Waals surface area contributed by atoms with E-state index in [2.05, 4.69) is 0 Å². The van der Waals surface area contributed by atoms with Crippen molar-refractivity contribution in [3.8, 4) is 0 Å². The lowest BCUT2D eigenvalue weighted by Gasteiger charge is -2.26. The second-order valence-corrected chi connectivity index (χ2v) is 4.74. The number of benzene rings is 1. The monoisotopic (exact) mass is 309 g/mol. The van der Waals surface area contributed by atoms with Gasteiger partial charge < -0.3 is 19.3 Å². The van der Waals surface area contributed by atoms with E-state index in [-0.39, 0.29) is 6.79 Å². The first-order valence-electron chi connectivity index (χ1n) is 5.60. The highest BCUT2D eigenvalue weighted by atomic mass is 35.5. The van der Waals surface area contributed by atoms with Crippen molar-refractivity contribution in [3.63, 3.8) is 0 Å². The van der Waals surface area contributed by atoms with Crippen LogP contribution in [0.2, 0.25) is 10.0 Å². The van der Waals surface area contributed by atoms with Gasteiger partial charge in [-0.1, -0.05) is 29.3 Å². The first-order valence-corrected chi connectivity index (χ1v) is 6.36. The number of rotatable bonds is 7. The smallest absolute Gasteiger partial charge is 0.211 e. The van der Waals surface area contributed by atoms with Gasteiger partial charge in [0.1, 0.15) is 12.9 Å². The van der Waals surface area contributed by atoms with E-state index in [0.717, 1.165) is 0 Å². The van der Waals surface area contributed by atoms with Gasteiger partial charge in [0, 0.05) is 22.7 Å². The number of halogens is 2. The molecule has 0 saturated carbocycles. The zero-order valence-corrected chi connectivity index (χ0v) is 12.2. The maximum Gasteiger partial charge on any atom is 0.211 e. The Morgan fingerprint density at radius 3 is 2.58 bits per heavy atom. The Kier molecular flexibility index (Phi) is 7.02. The molecule has 0 aliphatic carbocycles. The molecule has 3 N–H and O–H groups in total. The number of ether oxygens (including phenoxy) is 3. The van der Waals surface area contributed by atoms with Crippen LogP contribution in [0, 0.1) is 0 Å². The average molecular weight is 310 g/mol. The minimum absolute atomic E-state index is 0.0536. The lowest BCUT2D eigenvalue weighted by atomic mass is 10.1. The molecule has 0 saturated heterocycles. The fourth-order valence-corrected chi connectivity index (χ4v) is 2.16. The minimum Gasteiger partial charge on any atom is -0.359 e. The summed E-state index contributed by atoms with van der Waals surface area (Å²) in [7, 11) is 1.50. The molecule has 1 aromatic rings. The molecule has 7 heteroatoms. The Morgan fingerprint density at radius 2 is 2.05 bits per heavy atom. The van der Waals surface area contributed by atoms with Crippen LogP contribution < -0.4 is 5.73 Å². The van der Waals surface area contributed by atoms with E-state index in [4.69, 9.17) is 48.3 Å². The maximum absolute atomic E-state index is 9.07. The van der Waals surface area contributed by atoms with Crippen LogP contribution in [0.4, 0.5) is 0 Å². The largest absolute Gasteiger partial charge is 0.359 e. The molecule has 0 radical (unpaired) electrons. The maximum atomic E-state index is 9.07. The van der Waals surface area contributed by atoms with Crippen molar-refractivity contribution in [1.82, 2.24) is 0 Å². The number of hydrogen-bond donors (Lipinski definition) is 2. The molecule has 3 atom stereocenters. The van der Waals surface area contributed by atoms with Crippen molar-refractivity contribution in [2.45, 2.75) is 25.5 Å². The number of nitrogens with two attached hydrogens (primary N) is 1. The van der Waals surface area contributed by atoms with Crippen LogP contribution in [-0.2, 0) is 14.2 Å². The van der Waals surface area contributed by atoms with E-state index in [9.17, 15) is 0 Å². The first kappa shape index (κ1) is 16.7. The number of aliphatic hydroxyl groups excluding tert-OH is 1. The number of hydrogen-bond acceptors (Lipinski definition) is 5. The van der Waals surface area contributed by atoms with E-state index >= 15 is 0 Å². The molecule has 0 bridgehead atoms.